The zero-order chi connectivity index (χ0) is 14.1. The van der Waals surface area contributed by atoms with Crippen molar-refractivity contribution in [1.82, 2.24) is 4.98 Å². The molecule has 0 aliphatic rings. The van der Waals surface area contributed by atoms with Gasteiger partial charge in [0.15, 0.2) is 5.58 Å². The van der Waals surface area contributed by atoms with Gasteiger partial charge in [0.2, 0.25) is 5.89 Å². The molecule has 20 heavy (non-hydrogen) atoms. The Hall–Kier alpha value is -2.29. The number of hydrogen-bond acceptors (Lipinski definition) is 3. The van der Waals surface area contributed by atoms with Crippen LogP contribution in [0.1, 0.15) is 18.1 Å². The van der Waals surface area contributed by atoms with Crippen molar-refractivity contribution >= 4 is 11.1 Å². The maximum Gasteiger partial charge on any atom is 0.227 e. The summed E-state index contributed by atoms with van der Waals surface area (Å²) in [5.74, 6) is 1.45. The molecule has 0 N–H and O–H groups in total. The average molecular weight is 267 g/mol. The Bertz CT molecular complexity index is 759. The zero-order valence-corrected chi connectivity index (χ0v) is 11.9. The lowest BCUT2D eigenvalue weighted by Gasteiger charge is -2.04. The fourth-order valence-corrected chi connectivity index (χ4v) is 2.37. The van der Waals surface area contributed by atoms with Gasteiger partial charge in [0, 0.05) is 11.6 Å². The molecule has 0 saturated carbocycles. The number of nitrogens with zero attached hydrogens (tertiary/aromatic N) is 1. The molecule has 0 atom stereocenters. The van der Waals surface area contributed by atoms with E-state index in [1.807, 2.05) is 18.2 Å². The minimum absolute atomic E-state index is 0.671. The van der Waals surface area contributed by atoms with Crippen molar-refractivity contribution in [2.45, 2.75) is 20.3 Å². The maximum atomic E-state index is 5.89. The molecule has 2 aromatic carbocycles. The highest BCUT2D eigenvalue weighted by molar-refractivity contribution is 5.78. The van der Waals surface area contributed by atoms with Crippen molar-refractivity contribution in [3.63, 3.8) is 0 Å². The van der Waals surface area contributed by atoms with E-state index in [0.29, 0.717) is 5.89 Å². The van der Waals surface area contributed by atoms with Crippen molar-refractivity contribution in [1.29, 1.82) is 0 Å². The van der Waals surface area contributed by atoms with Gasteiger partial charge in [-0.25, -0.2) is 4.98 Å². The third-order valence-corrected chi connectivity index (χ3v) is 3.47. The summed E-state index contributed by atoms with van der Waals surface area (Å²) in [7, 11) is 1.65. The average Bonchev–Trinajstić information content (AvgIpc) is 2.89. The van der Waals surface area contributed by atoms with Crippen LogP contribution in [0.15, 0.2) is 40.8 Å². The van der Waals surface area contributed by atoms with Crippen LogP contribution in [-0.2, 0) is 6.42 Å². The Morgan fingerprint density at radius 2 is 2.00 bits per heavy atom. The molecule has 3 nitrogen and oxygen atoms in total. The van der Waals surface area contributed by atoms with E-state index in [1.54, 1.807) is 7.11 Å². The predicted molar refractivity (Wildman–Crippen MR) is 80.1 cm³/mol. The molecule has 3 aromatic rings. The van der Waals surface area contributed by atoms with Gasteiger partial charge in [-0.3, -0.25) is 0 Å². The molecule has 0 radical (unpaired) electrons. The molecule has 0 unspecified atom stereocenters. The molecule has 3 rings (SSSR count). The second kappa shape index (κ2) is 5.00. The van der Waals surface area contributed by atoms with E-state index >= 15 is 0 Å². The lowest BCUT2D eigenvalue weighted by atomic mass is 10.0. The molecule has 0 fully saturated rings. The predicted octanol–water partition coefficient (Wildman–Crippen LogP) is 4.37. The molecule has 0 aliphatic carbocycles. The molecule has 0 aliphatic heterocycles. The second-order valence-electron chi connectivity index (χ2n) is 4.87. The van der Waals surface area contributed by atoms with E-state index < -0.39 is 0 Å². The van der Waals surface area contributed by atoms with Gasteiger partial charge in [-0.05, 0) is 37.1 Å². The van der Waals surface area contributed by atoms with E-state index in [2.05, 4.69) is 37.0 Å². The number of benzene rings is 2. The van der Waals surface area contributed by atoms with Gasteiger partial charge in [0.25, 0.3) is 0 Å². The SMILES string of the molecule is CCc1cc(C)ccc1-c1nc2ccc(OC)cc2o1. The number of hydrogen-bond donors (Lipinski definition) is 0. The fourth-order valence-electron chi connectivity index (χ4n) is 2.37. The lowest BCUT2D eigenvalue weighted by molar-refractivity contribution is 0.414. The third-order valence-electron chi connectivity index (χ3n) is 3.47. The number of ether oxygens (including phenoxy) is 1. The van der Waals surface area contributed by atoms with Crippen LogP contribution < -0.4 is 4.74 Å². The van der Waals surface area contributed by atoms with E-state index in [1.165, 1.54) is 11.1 Å². The molecule has 0 amide bonds. The maximum absolute atomic E-state index is 5.89. The topological polar surface area (TPSA) is 35.3 Å². The number of rotatable bonds is 3. The largest absolute Gasteiger partial charge is 0.497 e. The Kier molecular flexibility index (Phi) is 3.18. The fraction of sp³-hybridized carbons (Fsp3) is 0.235. The summed E-state index contributed by atoms with van der Waals surface area (Å²) in [6.07, 6.45) is 0.957. The van der Waals surface area contributed by atoms with Gasteiger partial charge in [-0.1, -0.05) is 24.6 Å². The molecular formula is C17H17NO2. The first-order valence-electron chi connectivity index (χ1n) is 6.75. The van der Waals surface area contributed by atoms with E-state index in [0.717, 1.165) is 28.8 Å². The monoisotopic (exact) mass is 267 g/mol. The van der Waals surface area contributed by atoms with Gasteiger partial charge in [-0.15, -0.1) is 0 Å². The van der Waals surface area contributed by atoms with E-state index in [4.69, 9.17) is 9.15 Å². The van der Waals surface area contributed by atoms with Gasteiger partial charge in [0.1, 0.15) is 11.3 Å². The molecule has 0 saturated heterocycles. The highest BCUT2D eigenvalue weighted by atomic mass is 16.5. The number of oxazole rings is 1. The normalized spacial score (nSPS) is 10.9. The molecule has 0 spiro atoms. The number of fused-ring (bicyclic) bond motifs is 1. The van der Waals surface area contributed by atoms with Crippen LogP contribution in [0, 0.1) is 6.92 Å². The molecule has 1 aromatic heterocycles. The van der Waals surface area contributed by atoms with Crippen LogP contribution in [0.4, 0.5) is 0 Å². The van der Waals surface area contributed by atoms with Crippen LogP contribution in [-0.4, -0.2) is 12.1 Å². The number of aryl methyl sites for hydroxylation is 2. The van der Waals surface area contributed by atoms with Crippen LogP contribution in [0.2, 0.25) is 0 Å². The van der Waals surface area contributed by atoms with Crippen molar-refractivity contribution < 1.29 is 9.15 Å². The molecule has 0 bridgehead atoms. The van der Waals surface area contributed by atoms with Gasteiger partial charge >= 0.3 is 0 Å². The molecule has 1 heterocycles. The minimum Gasteiger partial charge on any atom is -0.497 e. The lowest BCUT2D eigenvalue weighted by Crippen LogP contribution is -1.88. The summed E-state index contributed by atoms with van der Waals surface area (Å²) in [6, 6.07) is 12.0. The Morgan fingerprint density at radius 3 is 2.75 bits per heavy atom. The van der Waals surface area contributed by atoms with Crippen molar-refractivity contribution in [2.24, 2.45) is 0 Å². The third kappa shape index (κ3) is 2.16. The molecule has 3 heteroatoms. The standard InChI is InChI=1S/C17H17NO2/c1-4-12-9-11(2)5-7-14(12)17-18-15-8-6-13(19-3)10-16(15)20-17/h5-10H,4H2,1-3H3. The highest BCUT2D eigenvalue weighted by Gasteiger charge is 2.12. The highest BCUT2D eigenvalue weighted by Crippen LogP contribution is 2.29. The first-order chi connectivity index (χ1) is 9.71. The second-order valence-corrected chi connectivity index (χ2v) is 4.87. The summed E-state index contributed by atoms with van der Waals surface area (Å²) in [5, 5.41) is 0. The van der Waals surface area contributed by atoms with Gasteiger partial charge in [0.05, 0.1) is 7.11 Å². The number of methoxy groups -OCH3 is 1. The van der Waals surface area contributed by atoms with Crippen LogP contribution in [0.5, 0.6) is 5.75 Å². The Morgan fingerprint density at radius 1 is 1.15 bits per heavy atom. The summed E-state index contributed by atoms with van der Waals surface area (Å²) in [6.45, 7) is 4.24. The summed E-state index contributed by atoms with van der Waals surface area (Å²) in [5.41, 5.74) is 5.17. The molecule has 102 valence electrons. The molecular weight excluding hydrogens is 250 g/mol. The summed E-state index contributed by atoms with van der Waals surface area (Å²) in [4.78, 5) is 4.57. The van der Waals surface area contributed by atoms with Gasteiger partial charge in [-0.2, -0.15) is 0 Å². The summed E-state index contributed by atoms with van der Waals surface area (Å²) >= 11 is 0. The van der Waals surface area contributed by atoms with Crippen molar-refractivity contribution in [3.05, 3.63) is 47.5 Å². The summed E-state index contributed by atoms with van der Waals surface area (Å²) < 4.78 is 11.1. The van der Waals surface area contributed by atoms with Crippen LogP contribution in [0.3, 0.4) is 0 Å². The van der Waals surface area contributed by atoms with Gasteiger partial charge < -0.3 is 9.15 Å². The van der Waals surface area contributed by atoms with Crippen LogP contribution >= 0.6 is 0 Å². The Balaban J connectivity index is 2.14. The first-order valence-corrected chi connectivity index (χ1v) is 6.75. The first kappa shape index (κ1) is 12.7. The zero-order valence-electron chi connectivity index (χ0n) is 11.9. The van der Waals surface area contributed by atoms with Crippen molar-refractivity contribution in [2.75, 3.05) is 7.11 Å². The van der Waals surface area contributed by atoms with E-state index in [9.17, 15) is 0 Å². The smallest absolute Gasteiger partial charge is 0.227 e. The van der Waals surface area contributed by atoms with E-state index in [-0.39, 0.29) is 0 Å². The van der Waals surface area contributed by atoms with Crippen molar-refractivity contribution in [3.8, 4) is 17.2 Å². The number of aromatic nitrogens is 1. The minimum atomic E-state index is 0.671. The Labute approximate surface area is 118 Å². The van der Waals surface area contributed by atoms with Crippen LogP contribution in [0.25, 0.3) is 22.6 Å². The quantitative estimate of drug-likeness (QED) is 0.706.